The van der Waals surface area contributed by atoms with Gasteiger partial charge < -0.3 is 5.32 Å². The number of thiophene rings is 1. The summed E-state index contributed by atoms with van der Waals surface area (Å²) in [6.45, 7) is 1.33. The molecule has 0 saturated carbocycles. The fraction of sp³-hybridized carbons (Fsp3) is 0.312. The number of amides is 1. The SMILES string of the molecule is O=C(CN1CCC[C@@H]1c1cccs1)Nc1ccc(Cl)cc1Cl. The molecule has 22 heavy (non-hydrogen) atoms. The van der Waals surface area contributed by atoms with Crippen molar-refractivity contribution in [3.8, 4) is 0 Å². The van der Waals surface area contributed by atoms with Gasteiger partial charge in [-0.15, -0.1) is 11.3 Å². The first-order valence-corrected chi connectivity index (χ1v) is 8.79. The molecule has 1 atom stereocenters. The molecule has 1 saturated heterocycles. The highest BCUT2D eigenvalue weighted by molar-refractivity contribution is 7.10. The van der Waals surface area contributed by atoms with Gasteiger partial charge in [0.15, 0.2) is 0 Å². The molecular formula is C16H16Cl2N2OS. The summed E-state index contributed by atoms with van der Waals surface area (Å²) in [6.07, 6.45) is 2.23. The summed E-state index contributed by atoms with van der Waals surface area (Å²) in [6, 6.07) is 9.62. The smallest absolute Gasteiger partial charge is 0.238 e. The highest BCUT2D eigenvalue weighted by Gasteiger charge is 2.28. The number of benzene rings is 1. The molecule has 116 valence electrons. The van der Waals surface area contributed by atoms with Gasteiger partial charge >= 0.3 is 0 Å². The van der Waals surface area contributed by atoms with Crippen molar-refractivity contribution in [2.45, 2.75) is 18.9 Å². The number of hydrogen-bond acceptors (Lipinski definition) is 3. The Morgan fingerprint density at radius 1 is 1.36 bits per heavy atom. The van der Waals surface area contributed by atoms with Gasteiger partial charge in [-0.05, 0) is 49.0 Å². The van der Waals surface area contributed by atoms with Crippen LogP contribution < -0.4 is 5.32 Å². The van der Waals surface area contributed by atoms with Crippen LogP contribution in [-0.2, 0) is 4.79 Å². The molecule has 3 rings (SSSR count). The Hall–Kier alpha value is -1.07. The first-order chi connectivity index (χ1) is 10.6. The standard InChI is InChI=1S/C16H16Cl2N2OS/c17-11-5-6-13(12(18)9-11)19-16(21)10-20-7-1-3-14(20)15-4-2-8-22-15/h2,4-6,8-9,14H,1,3,7,10H2,(H,19,21)/t14-/m1/s1. The molecule has 1 aromatic carbocycles. The Balaban J connectivity index is 1.64. The van der Waals surface area contributed by atoms with Gasteiger partial charge in [0, 0.05) is 15.9 Å². The van der Waals surface area contributed by atoms with Crippen LogP contribution in [0.1, 0.15) is 23.8 Å². The number of nitrogens with zero attached hydrogens (tertiary/aromatic N) is 1. The van der Waals surface area contributed by atoms with Gasteiger partial charge in [-0.1, -0.05) is 29.3 Å². The summed E-state index contributed by atoms with van der Waals surface area (Å²) in [5, 5.41) is 5.96. The second-order valence-corrected chi connectivity index (χ2v) is 7.14. The fourth-order valence-electron chi connectivity index (χ4n) is 2.78. The van der Waals surface area contributed by atoms with Crippen molar-refractivity contribution in [2.75, 3.05) is 18.4 Å². The maximum atomic E-state index is 12.3. The van der Waals surface area contributed by atoms with Crippen LogP contribution in [0.5, 0.6) is 0 Å². The van der Waals surface area contributed by atoms with E-state index in [-0.39, 0.29) is 5.91 Å². The van der Waals surface area contributed by atoms with E-state index in [1.807, 2.05) is 0 Å². The van der Waals surface area contributed by atoms with Crippen LogP contribution in [0.2, 0.25) is 10.0 Å². The average molecular weight is 355 g/mol. The van der Waals surface area contributed by atoms with Crippen LogP contribution in [0, 0.1) is 0 Å². The van der Waals surface area contributed by atoms with E-state index in [0.717, 1.165) is 19.4 Å². The molecule has 6 heteroatoms. The Morgan fingerprint density at radius 3 is 2.95 bits per heavy atom. The van der Waals surface area contributed by atoms with Crippen LogP contribution in [0.4, 0.5) is 5.69 Å². The third-order valence-corrected chi connectivity index (χ3v) is 5.31. The number of nitrogens with one attached hydrogen (secondary N) is 1. The summed E-state index contributed by atoms with van der Waals surface area (Å²) in [4.78, 5) is 15.8. The first kappa shape index (κ1) is 15.8. The minimum Gasteiger partial charge on any atom is -0.324 e. The lowest BCUT2D eigenvalue weighted by Gasteiger charge is -2.23. The molecule has 0 spiro atoms. The van der Waals surface area contributed by atoms with Gasteiger partial charge in [-0.3, -0.25) is 9.69 Å². The lowest BCUT2D eigenvalue weighted by Crippen LogP contribution is -2.32. The number of likely N-dealkylation sites (tertiary alicyclic amines) is 1. The van der Waals surface area contributed by atoms with Crippen molar-refractivity contribution in [3.05, 3.63) is 50.6 Å². The van der Waals surface area contributed by atoms with Crippen molar-refractivity contribution in [3.63, 3.8) is 0 Å². The molecule has 1 aromatic heterocycles. The lowest BCUT2D eigenvalue weighted by atomic mass is 10.2. The van der Waals surface area contributed by atoms with E-state index >= 15 is 0 Å². The van der Waals surface area contributed by atoms with E-state index in [0.29, 0.717) is 28.3 Å². The molecule has 2 heterocycles. The third kappa shape index (κ3) is 3.63. The number of hydrogen-bond donors (Lipinski definition) is 1. The maximum Gasteiger partial charge on any atom is 0.238 e. The quantitative estimate of drug-likeness (QED) is 0.852. The molecule has 1 fully saturated rings. The molecule has 3 nitrogen and oxygen atoms in total. The predicted molar refractivity (Wildman–Crippen MR) is 93.0 cm³/mol. The van der Waals surface area contributed by atoms with Crippen molar-refractivity contribution >= 4 is 46.1 Å². The third-order valence-electron chi connectivity index (χ3n) is 3.79. The molecular weight excluding hydrogens is 339 g/mol. The minimum atomic E-state index is -0.0484. The average Bonchev–Trinajstić information content (AvgIpc) is 3.12. The van der Waals surface area contributed by atoms with Gasteiger partial charge in [-0.2, -0.15) is 0 Å². The molecule has 0 radical (unpaired) electrons. The normalized spacial score (nSPS) is 18.5. The monoisotopic (exact) mass is 354 g/mol. The molecule has 0 unspecified atom stereocenters. The predicted octanol–water partition coefficient (Wildman–Crippen LogP) is 4.83. The second-order valence-electron chi connectivity index (χ2n) is 5.32. The molecule has 1 N–H and O–H groups in total. The van der Waals surface area contributed by atoms with Crippen LogP contribution in [0.3, 0.4) is 0 Å². The molecule has 2 aromatic rings. The highest BCUT2D eigenvalue weighted by Crippen LogP contribution is 2.34. The van der Waals surface area contributed by atoms with Gasteiger partial charge in [0.25, 0.3) is 0 Å². The van der Waals surface area contributed by atoms with Gasteiger partial charge in [-0.25, -0.2) is 0 Å². The maximum absolute atomic E-state index is 12.3. The topological polar surface area (TPSA) is 32.3 Å². The summed E-state index contributed by atoms with van der Waals surface area (Å²) < 4.78 is 0. The zero-order chi connectivity index (χ0) is 15.5. The van der Waals surface area contributed by atoms with Gasteiger partial charge in [0.05, 0.1) is 17.3 Å². The Bertz CT molecular complexity index is 660. The number of anilines is 1. The largest absolute Gasteiger partial charge is 0.324 e. The molecule has 1 aliphatic heterocycles. The van der Waals surface area contributed by atoms with Gasteiger partial charge in [0.1, 0.15) is 0 Å². The van der Waals surface area contributed by atoms with Crippen molar-refractivity contribution in [1.82, 2.24) is 4.90 Å². The van der Waals surface area contributed by atoms with Crippen LogP contribution in [0.25, 0.3) is 0 Å². The van der Waals surface area contributed by atoms with Crippen molar-refractivity contribution in [2.24, 2.45) is 0 Å². The van der Waals surface area contributed by atoms with E-state index in [1.165, 1.54) is 4.88 Å². The highest BCUT2D eigenvalue weighted by atomic mass is 35.5. The summed E-state index contributed by atoms with van der Waals surface area (Å²) in [5.41, 5.74) is 0.600. The van der Waals surface area contributed by atoms with Crippen molar-refractivity contribution < 1.29 is 4.79 Å². The Kier molecular flexibility index (Phi) is 5.03. The summed E-state index contributed by atoms with van der Waals surface area (Å²) >= 11 is 13.7. The van der Waals surface area contributed by atoms with E-state index in [2.05, 4.69) is 27.7 Å². The number of carbonyl (C=O) groups excluding carboxylic acids is 1. The summed E-state index contributed by atoms with van der Waals surface area (Å²) in [5.74, 6) is -0.0484. The second kappa shape index (κ2) is 7.01. The number of rotatable bonds is 4. The Morgan fingerprint density at radius 2 is 2.23 bits per heavy atom. The molecule has 0 aliphatic carbocycles. The number of carbonyl (C=O) groups is 1. The van der Waals surface area contributed by atoms with E-state index in [1.54, 1.807) is 29.5 Å². The van der Waals surface area contributed by atoms with Crippen LogP contribution in [-0.4, -0.2) is 23.9 Å². The fourth-order valence-corrected chi connectivity index (χ4v) is 4.13. The zero-order valence-corrected chi connectivity index (χ0v) is 14.2. The number of halogens is 2. The van der Waals surface area contributed by atoms with E-state index in [9.17, 15) is 4.79 Å². The Labute approximate surface area is 143 Å². The van der Waals surface area contributed by atoms with Crippen LogP contribution in [0.15, 0.2) is 35.7 Å². The van der Waals surface area contributed by atoms with Crippen LogP contribution >= 0.6 is 34.5 Å². The van der Waals surface area contributed by atoms with Gasteiger partial charge in [0.2, 0.25) is 5.91 Å². The molecule has 1 aliphatic rings. The summed E-state index contributed by atoms with van der Waals surface area (Å²) in [7, 11) is 0. The van der Waals surface area contributed by atoms with E-state index in [4.69, 9.17) is 23.2 Å². The minimum absolute atomic E-state index is 0.0484. The molecule has 1 amide bonds. The van der Waals surface area contributed by atoms with E-state index < -0.39 is 0 Å². The zero-order valence-electron chi connectivity index (χ0n) is 11.9. The molecule has 0 bridgehead atoms. The first-order valence-electron chi connectivity index (χ1n) is 7.16. The lowest BCUT2D eigenvalue weighted by molar-refractivity contribution is -0.117. The van der Waals surface area contributed by atoms with Crippen molar-refractivity contribution in [1.29, 1.82) is 0 Å².